The van der Waals surface area contributed by atoms with Gasteiger partial charge in [0.1, 0.15) is 24.1 Å². The molecule has 0 radical (unpaired) electrons. The van der Waals surface area contributed by atoms with Gasteiger partial charge in [0.15, 0.2) is 24.8 Å². The molecule has 8 heteroatoms. The lowest BCUT2D eigenvalue weighted by Gasteiger charge is -2.02. The van der Waals surface area contributed by atoms with Crippen molar-refractivity contribution in [2.75, 3.05) is 0 Å². The third kappa shape index (κ3) is 6.86. The minimum Gasteiger partial charge on any atom is -1.00 e. The van der Waals surface area contributed by atoms with Crippen molar-refractivity contribution in [1.82, 2.24) is 9.97 Å². The summed E-state index contributed by atoms with van der Waals surface area (Å²) in [6, 6.07) is 16.5. The van der Waals surface area contributed by atoms with Crippen molar-refractivity contribution in [2.45, 2.75) is 64.5 Å². The van der Waals surface area contributed by atoms with Crippen LogP contribution in [0.15, 0.2) is 73.3 Å². The van der Waals surface area contributed by atoms with E-state index >= 15 is 0 Å². The molecule has 40 heavy (non-hydrogen) atoms. The topological polar surface area (TPSA) is 39.3 Å². The van der Waals surface area contributed by atoms with Gasteiger partial charge in [-0.1, -0.05) is 48.9 Å². The van der Waals surface area contributed by atoms with Gasteiger partial charge in [-0.15, -0.1) is 0 Å². The molecule has 0 aliphatic carbocycles. The van der Waals surface area contributed by atoms with Crippen LogP contribution in [0.1, 0.15) is 51.4 Å². The van der Waals surface area contributed by atoms with E-state index in [2.05, 4.69) is 68.2 Å². The Bertz CT molecular complexity index is 1600. The molecular weight excluding hydrogens is 582 g/mol. The number of nitrogens with zero attached hydrogens (tertiary/aromatic N) is 2. The molecule has 2 aromatic carbocycles. The van der Waals surface area contributed by atoms with E-state index in [1.54, 1.807) is 0 Å². The zero-order valence-electron chi connectivity index (χ0n) is 22.4. The molecule has 2 N–H and O–H groups in total. The summed E-state index contributed by atoms with van der Waals surface area (Å²) in [6.45, 7) is 2.13. The lowest BCUT2D eigenvalue weighted by atomic mass is 10.1. The minimum absolute atomic E-state index is 0. The molecule has 0 unspecified atom stereocenters. The van der Waals surface area contributed by atoms with Crippen molar-refractivity contribution in [2.24, 2.45) is 0 Å². The lowest BCUT2D eigenvalue weighted by molar-refractivity contribution is -0.696. The van der Waals surface area contributed by atoms with E-state index in [-0.39, 0.29) is 24.8 Å². The Morgan fingerprint density at radius 1 is 0.475 bits per heavy atom. The normalized spacial score (nSPS) is 11.3. The van der Waals surface area contributed by atoms with Crippen molar-refractivity contribution in [1.29, 1.82) is 0 Å². The van der Waals surface area contributed by atoms with E-state index in [1.165, 1.54) is 83.9 Å². The van der Waals surface area contributed by atoms with Crippen LogP contribution in [-0.2, 0) is 13.1 Å². The van der Waals surface area contributed by atoms with Gasteiger partial charge in [-0.2, -0.15) is 0 Å². The van der Waals surface area contributed by atoms with Crippen LogP contribution in [0.3, 0.4) is 0 Å². The van der Waals surface area contributed by atoms with Crippen LogP contribution in [0.4, 0.5) is 0 Å². The Kier molecular flexibility index (Phi) is 10.6. The number of benzene rings is 2. The summed E-state index contributed by atoms with van der Waals surface area (Å²) in [6.07, 6.45) is 19.2. The molecule has 0 saturated carbocycles. The number of hydrogen-bond donors (Lipinski definition) is 2. The van der Waals surface area contributed by atoms with Gasteiger partial charge in [-0.25, -0.2) is 9.13 Å². The zero-order chi connectivity index (χ0) is 25.9. The Hall–Kier alpha value is -2.50. The van der Waals surface area contributed by atoms with Crippen molar-refractivity contribution < 1.29 is 33.9 Å². The van der Waals surface area contributed by atoms with Crippen LogP contribution in [0.2, 0.25) is 10.0 Å². The molecule has 6 rings (SSSR count). The largest absolute Gasteiger partial charge is 1.00 e. The summed E-state index contributed by atoms with van der Waals surface area (Å²) >= 11 is 12.4. The number of aromatic nitrogens is 4. The van der Waals surface area contributed by atoms with Crippen LogP contribution in [0.5, 0.6) is 0 Å². The Labute approximate surface area is 257 Å². The predicted octanol–water partition coefficient (Wildman–Crippen LogP) is 2.67. The average Bonchev–Trinajstić information content (AvgIpc) is 3.46. The monoisotopic (exact) mass is 614 g/mol. The Morgan fingerprint density at radius 3 is 1.30 bits per heavy atom. The summed E-state index contributed by atoms with van der Waals surface area (Å²) in [5.41, 5.74) is 4.63. The molecule has 0 aliphatic heterocycles. The number of fused-ring (bicyclic) bond motifs is 6. The zero-order valence-corrected chi connectivity index (χ0v) is 25.4. The van der Waals surface area contributed by atoms with Crippen LogP contribution in [0, 0.1) is 0 Å². The van der Waals surface area contributed by atoms with Gasteiger partial charge in [-0.05, 0) is 49.2 Å². The molecule has 0 spiro atoms. The third-order valence-electron chi connectivity index (χ3n) is 7.70. The molecule has 0 fully saturated rings. The standard InChI is InChI=1S/C32H32Cl2N4.2ClH/c33-23-9-11-29-27(19-23)25-13-17-37(21-31(25)35-29)15-7-5-3-1-2-4-6-8-16-38-18-14-26-28-20-24(34)10-12-30(28)36-32(26)22-38;;/h9-14,17-22H,1-8,15-16H2;2*1H. The Morgan fingerprint density at radius 2 is 0.875 bits per heavy atom. The van der Waals surface area contributed by atoms with Crippen molar-refractivity contribution in [3.05, 3.63) is 83.4 Å². The number of hydrogen-bond acceptors (Lipinski definition) is 0. The summed E-state index contributed by atoms with van der Waals surface area (Å²) in [4.78, 5) is 7.04. The maximum Gasteiger partial charge on any atom is 0.193 e. The second-order valence-corrected chi connectivity index (χ2v) is 11.4. The highest BCUT2D eigenvalue weighted by Gasteiger charge is 2.11. The molecule has 210 valence electrons. The highest BCUT2D eigenvalue weighted by Crippen LogP contribution is 2.28. The highest BCUT2D eigenvalue weighted by molar-refractivity contribution is 6.32. The summed E-state index contributed by atoms with van der Waals surface area (Å²) in [7, 11) is 0. The third-order valence-corrected chi connectivity index (χ3v) is 8.17. The number of H-pyrrole nitrogens is 2. The first-order valence-electron chi connectivity index (χ1n) is 13.8. The fraction of sp³-hybridized carbons (Fsp3) is 0.312. The molecule has 4 aromatic heterocycles. The van der Waals surface area contributed by atoms with Crippen molar-refractivity contribution in [3.8, 4) is 0 Å². The summed E-state index contributed by atoms with van der Waals surface area (Å²) in [5.74, 6) is 0. The number of aromatic amines is 2. The van der Waals surface area contributed by atoms with Gasteiger partial charge in [0.2, 0.25) is 0 Å². The molecule has 0 aliphatic rings. The minimum atomic E-state index is 0. The molecule has 4 heterocycles. The fourth-order valence-corrected chi connectivity index (χ4v) is 6.00. The second-order valence-electron chi connectivity index (χ2n) is 10.5. The van der Waals surface area contributed by atoms with E-state index < -0.39 is 0 Å². The highest BCUT2D eigenvalue weighted by atomic mass is 35.5. The van der Waals surface area contributed by atoms with Crippen molar-refractivity contribution in [3.63, 3.8) is 0 Å². The first kappa shape index (κ1) is 30.5. The molecule has 0 amide bonds. The van der Waals surface area contributed by atoms with E-state index in [0.717, 1.165) is 34.2 Å². The number of unbranched alkanes of at least 4 members (excludes halogenated alkanes) is 7. The van der Waals surface area contributed by atoms with Gasteiger partial charge >= 0.3 is 0 Å². The predicted molar refractivity (Wildman–Crippen MR) is 159 cm³/mol. The maximum atomic E-state index is 6.19. The van der Waals surface area contributed by atoms with Crippen LogP contribution in [0.25, 0.3) is 43.6 Å². The molecule has 0 bridgehead atoms. The van der Waals surface area contributed by atoms with Gasteiger partial charge in [0, 0.05) is 67.6 Å². The van der Waals surface area contributed by atoms with Crippen molar-refractivity contribution >= 4 is 66.8 Å². The molecule has 0 atom stereocenters. The van der Waals surface area contributed by atoms with E-state index in [9.17, 15) is 0 Å². The van der Waals surface area contributed by atoms with Gasteiger partial charge in [0.05, 0.1) is 0 Å². The number of nitrogens with one attached hydrogen (secondary N) is 2. The van der Waals surface area contributed by atoms with Crippen LogP contribution in [-0.4, -0.2) is 9.97 Å². The summed E-state index contributed by atoms with van der Waals surface area (Å²) < 4.78 is 4.61. The molecule has 4 nitrogen and oxygen atoms in total. The van der Waals surface area contributed by atoms with Gasteiger partial charge in [-0.3, -0.25) is 0 Å². The van der Waals surface area contributed by atoms with E-state index in [0.29, 0.717) is 0 Å². The first-order valence-corrected chi connectivity index (χ1v) is 14.6. The number of pyridine rings is 2. The SMILES string of the molecule is Clc1ccc2[nH]c3c[n+](CCCCCCCCCC[n+]4ccc5c(c4)[nH]c4ccc(Cl)cc45)ccc3c2c1.[Cl-].[Cl-]. The van der Waals surface area contributed by atoms with E-state index in [4.69, 9.17) is 23.2 Å². The average molecular weight is 616 g/mol. The Balaban J connectivity index is 0.00000185. The van der Waals surface area contributed by atoms with Gasteiger partial charge in [0.25, 0.3) is 0 Å². The van der Waals surface area contributed by atoms with E-state index in [1.807, 2.05) is 24.3 Å². The fourth-order valence-electron chi connectivity index (χ4n) is 5.66. The number of rotatable bonds is 11. The van der Waals surface area contributed by atoms with Crippen LogP contribution < -0.4 is 33.9 Å². The molecule has 0 saturated heterocycles. The number of halogens is 4. The van der Waals surface area contributed by atoms with Gasteiger partial charge < -0.3 is 34.8 Å². The second kappa shape index (κ2) is 13.9. The summed E-state index contributed by atoms with van der Waals surface area (Å²) in [5, 5.41) is 6.42. The quantitative estimate of drug-likeness (QED) is 0.166. The number of aryl methyl sites for hydroxylation is 2. The smallest absolute Gasteiger partial charge is 0.193 e. The molecular formula is C32H34Cl4N4. The van der Waals surface area contributed by atoms with Crippen LogP contribution >= 0.6 is 23.2 Å². The maximum absolute atomic E-state index is 6.19. The molecule has 6 aromatic rings. The lowest BCUT2D eigenvalue weighted by Crippen LogP contribution is -3.00. The first-order chi connectivity index (χ1) is 18.6.